The van der Waals surface area contributed by atoms with Crippen LogP contribution >= 0.6 is 0 Å². The van der Waals surface area contributed by atoms with Crippen molar-refractivity contribution in [1.82, 2.24) is 4.90 Å². The predicted molar refractivity (Wildman–Crippen MR) is 163 cm³/mol. The topological polar surface area (TPSA) is 152 Å². The van der Waals surface area contributed by atoms with Crippen LogP contribution in [0.4, 0.5) is 4.53 Å². The van der Waals surface area contributed by atoms with E-state index in [0.29, 0.717) is 25.9 Å². The van der Waals surface area contributed by atoms with E-state index in [1.165, 1.54) is 0 Å². The first-order valence-corrected chi connectivity index (χ1v) is 15.6. The molecule has 42 heavy (non-hydrogen) atoms. The van der Waals surface area contributed by atoms with Crippen molar-refractivity contribution < 1.29 is 43.8 Å². The van der Waals surface area contributed by atoms with Gasteiger partial charge in [0.1, 0.15) is 17.7 Å². The van der Waals surface area contributed by atoms with Crippen LogP contribution < -0.4 is 5.73 Å². The van der Waals surface area contributed by atoms with Gasteiger partial charge in [-0.05, 0) is 50.1 Å². The normalized spacial score (nSPS) is 36.7. The Morgan fingerprint density at radius 2 is 1.43 bits per heavy atom. The lowest BCUT2D eigenvalue weighted by atomic mass is 9.80. The number of halogens is 1. The molecule has 2 aliphatic heterocycles. The zero-order chi connectivity index (χ0) is 33.2. The maximum atomic E-state index is 12.6. The molecule has 0 amide bonds. The van der Waals surface area contributed by atoms with Crippen LogP contribution in [0.1, 0.15) is 94.4 Å². The number of ether oxygens (including phenoxy) is 2. The Hall–Kier alpha value is -1.05. The van der Waals surface area contributed by atoms with Crippen LogP contribution in [0.3, 0.4) is 0 Å². The number of aliphatic hydroxyl groups is 3. The highest BCUT2D eigenvalue weighted by atomic mass is 19.3. The first kappa shape index (κ1) is 43.1. The molecule has 10 nitrogen and oxygen atoms in total. The highest BCUT2D eigenvalue weighted by Gasteiger charge is 2.36. The van der Waals surface area contributed by atoms with Gasteiger partial charge in [0.05, 0.1) is 24.9 Å². The van der Waals surface area contributed by atoms with Gasteiger partial charge < -0.3 is 30.5 Å². The molecule has 0 aromatic carbocycles. The van der Waals surface area contributed by atoms with Crippen LogP contribution in [-0.2, 0) is 24.0 Å². The van der Waals surface area contributed by atoms with Crippen LogP contribution in [0.2, 0.25) is 0 Å². The first-order chi connectivity index (χ1) is 19.8. The van der Waals surface area contributed by atoms with Gasteiger partial charge in [0, 0.05) is 49.9 Å². The Labute approximate surface area is 254 Å². The molecule has 2 aliphatic rings. The summed E-state index contributed by atoms with van der Waals surface area (Å²) in [5, 5.41) is 27.9. The number of hydrogen-bond acceptors (Lipinski definition) is 10. The molecular formula is C31H63FN2O8. The monoisotopic (exact) mass is 610 g/mol. The molecule has 2 rings (SSSR count). The number of carbonyl (C=O) groups excluding carboxylic acids is 2. The molecular weight excluding hydrogens is 547 g/mol. The summed E-state index contributed by atoms with van der Waals surface area (Å²) in [6.45, 7) is 17.8. The van der Waals surface area contributed by atoms with Gasteiger partial charge >= 0.3 is 0 Å². The summed E-state index contributed by atoms with van der Waals surface area (Å²) in [6, 6.07) is 0.245. The van der Waals surface area contributed by atoms with E-state index < -0.39 is 30.5 Å². The van der Waals surface area contributed by atoms with Gasteiger partial charge in [-0.3, -0.25) is 14.5 Å². The van der Waals surface area contributed by atoms with Gasteiger partial charge in [0.25, 0.3) is 0 Å². The van der Waals surface area contributed by atoms with E-state index in [4.69, 9.17) is 20.3 Å². The standard InChI is InChI=1S/C20H36O5.C8H17FN2O2.C2H6.CH4O/c1-7-16-20(24)19(23)15(6)18(22)13(4)9-11(2)8-12(3)17(21)14(5)10-25-16;1-6-3-7(11(2)5-10)4-8(12-6)13-9;2*1-2/h11-16,19-20,23-24H,7-10H2,1-6H3;6-8H,3-5,10H2,1-2H3;1-2H3;2H,1H3/t11-,12-,13-,14?,15?,16-,19?,20?;;;/m1.../s1. The molecule has 0 aromatic rings. The molecule has 0 aromatic heterocycles. The molecule has 2 heterocycles. The van der Waals surface area contributed by atoms with Gasteiger partial charge in [-0.15, -0.1) is 0 Å². The number of ketones is 2. The Kier molecular flexibility index (Phi) is 23.9. The lowest BCUT2D eigenvalue weighted by Crippen LogP contribution is -2.46. The fraction of sp³-hybridized carbons (Fsp3) is 0.935. The molecule has 252 valence electrons. The van der Waals surface area contributed by atoms with Crippen molar-refractivity contribution >= 4 is 11.6 Å². The Morgan fingerprint density at radius 3 is 1.90 bits per heavy atom. The summed E-state index contributed by atoms with van der Waals surface area (Å²) in [5.74, 6) is -0.831. The minimum absolute atomic E-state index is 0.0218. The van der Waals surface area contributed by atoms with E-state index in [-0.39, 0.29) is 54.0 Å². The molecule has 0 radical (unpaired) electrons. The maximum absolute atomic E-state index is 12.6. The lowest BCUT2D eigenvalue weighted by molar-refractivity contribution is -0.304. The van der Waals surface area contributed by atoms with Gasteiger partial charge in [-0.1, -0.05) is 55.4 Å². The van der Waals surface area contributed by atoms with Gasteiger partial charge in [-0.2, -0.15) is 4.94 Å². The van der Waals surface area contributed by atoms with E-state index in [2.05, 4.69) is 11.9 Å². The van der Waals surface area contributed by atoms with Crippen molar-refractivity contribution in [2.75, 3.05) is 27.4 Å². The van der Waals surface area contributed by atoms with Gasteiger partial charge in [0.15, 0.2) is 6.29 Å². The Morgan fingerprint density at radius 1 is 0.905 bits per heavy atom. The second kappa shape index (κ2) is 23.3. The molecule has 2 fully saturated rings. The van der Waals surface area contributed by atoms with E-state index in [9.17, 15) is 24.3 Å². The molecule has 5 N–H and O–H groups in total. The molecule has 11 heteroatoms. The fourth-order valence-electron chi connectivity index (χ4n) is 5.60. The zero-order valence-corrected chi connectivity index (χ0v) is 28.1. The number of hydrogen-bond donors (Lipinski definition) is 4. The van der Waals surface area contributed by atoms with Crippen LogP contribution in [0.5, 0.6) is 0 Å². The van der Waals surface area contributed by atoms with Gasteiger partial charge in [-0.25, -0.2) is 0 Å². The second-order valence-corrected chi connectivity index (χ2v) is 11.7. The Balaban J connectivity index is 0. The number of Topliss-reactive ketones (excluding diaryl/α,β-unsaturated/α-hetero) is 2. The Bertz CT molecular complexity index is 718. The maximum Gasteiger partial charge on any atom is 0.198 e. The zero-order valence-electron chi connectivity index (χ0n) is 28.1. The molecule has 0 aliphatic carbocycles. The van der Waals surface area contributed by atoms with Crippen molar-refractivity contribution in [3.8, 4) is 0 Å². The van der Waals surface area contributed by atoms with Crippen LogP contribution in [0.15, 0.2) is 0 Å². The molecule has 7 unspecified atom stereocenters. The van der Waals surface area contributed by atoms with Crippen LogP contribution in [0.25, 0.3) is 0 Å². The molecule has 0 bridgehead atoms. The number of nitrogens with two attached hydrogens (primary N) is 1. The third kappa shape index (κ3) is 14.6. The van der Waals surface area contributed by atoms with Crippen molar-refractivity contribution in [2.24, 2.45) is 35.3 Å². The van der Waals surface area contributed by atoms with Crippen molar-refractivity contribution in [3.05, 3.63) is 0 Å². The SMILES string of the molecule is CC.CC1CC(N(C)CN)CC(OF)O1.CC[C@H]1OCC(C)C(=O)[C@H](C)C[C@@H](C)C[C@@H](C)C(=O)C(C)C(O)C1O.CO. The number of rotatable bonds is 4. The molecule has 0 spiro atoms. The lowest BCUT2D eigenvalue weighted by Gasteiger charge is -2.36. The first-order valence-electron chi connectivity index (χ1n) is 15.6. The van der Waals surface area contributed by atoms with E-state index in [1.807, 2.05) is 60.4 Å². The number of nitrogens with zero attached hydrogens (tertiary/aromatic N) is 1. The smallest absolute Gasteiger partial charge is 0.198 e. The average Bonchev–Trinajstić information content (AvgIpc) is 3.00. The van der Waals surface area contributed by atoms with Crippen molar-refractivity contribution in [3.63, 3.8) is 0 Å². The van der Waals surface area contributed by atoms with Crippen molar-refractivity contribution in [2.45, 2.75) is 131 Å². The predicted octanol–water partition coefficient (Wildman–Crippen LogP) is 3.88. The summed E-state index contributed by atoms with van der Waals surface area (Å²) < 4.78 is 22.9. The quantitative estimate of drug-likeness (QED) is 0.345. The summed E-state index contributed by atoms with van der Waals surface area (Å²) in [5.41, 5.74) is 5.49. The number of carbonyl (C=O) groups is 2. The average molecular weight is 611 g/mol. The highest BCUT2D eigenvalue weighted by Crippen LogP contribution is 2.27. The third-order valence-electron chi connectivity index (χ3n) is 8.09. The molecule has 11 atom stereocenters. The summed E-state index contributed by atoms with van der Waals surface area (Å²) >= 11 is 0. The van der Waals surface area contributed by atoms with Crippen LogP contribution in [0, 0.1) is 29.6 Å². The second-order valence-electron chi connectivity index (χ2n) is 11.7. The van der Waals surface area contributed by atoms with E-state index in [0.717, 1.165) is 20.0 Å². The fourth-order valence-corrected chi connectivity index (χ4v) is 5.60. The van der Waals surface area contributed by atoms with E-state index in [1.54, 1.807) is 6.92 Å². The van der Waals surface area contributed by atoms with Crippen LogP contribution in [-0.4, -0.2) is 96.0 Å². The van der Waals surface area contributed by atoms with E-state index >= 15 is 0 Å². The summed E-state index contributed by atoms with van der Waals surface area (Å²) in [4.78, 5) is 30.8. The minimum Gasteiger partial charge on any atom is -0.400 e. The van der Waals surface area contributed by atoms with Gasteiger partial charge in [0.2, 0.25) is 0 Å². The summed E-state index contributed by atoms with van der Waals surface area (Å²) in [7, 11) is 2.91. The molecule has 0 saturated carbocycles. The number of aliphatic hydroxyl groups excluding tert-OH is 3. The highest BCUT2D eigenvalue weighted by molar-refractivity contribution is 5.84. The largest absolute Gasteiger partial charge is 0.400 e. The third-order valence-corrected chi connectivity index (χ3v) is 8.09. The summed E-state index contributed by atoms with van der Waals surface area (Å²) in [6.07, 6.45) is -0.267. The minimum atomic E-state index is -1.16. The van der Waals surface area contributed by atoms with Crippen molar-refractivity contribution in [1.29, 1.82) is 0 Å². The molecule has 2 saturated heterocycles.